The fraction of sp³-hybridized carbons (Fsp3) is 0.433. The number of hydrogen-bond donors (Lipinski definition) is 2. The first-order valence-corrected chi connectivity index (χ1v) is 13.8. The van der Waals surface area contributed by atoms with Gasteiger partial charge in [-0.2, -0.15) is 0 Å². The van der Waals surface area contributed by atoms with Crippen LogP contribution in [-0.2, 0) is 18.3 Å². The number of aliphatic hydroxyl groups is 1. The maximum atomic E-state index is 12.9. The van der Waals surface area contributed by atoms with Crippen LogP contribution in [0.2, 0.25) is 5.02 Å². The van der Waals surface area contributed by atoms with Crippen LogP contribution < -0.4 is 10.1 Å². The lowest BCUT2D eigenvalue weighted by Gasteiger charge is -2.23. The molecule has 1 aromatic heterocycles. The first-order valence-electron chi connectivity index (χ1n) is 13.5. The molecule has 39 heavy (non-hydrogen) atoms. The van der Waals surface area contributed by atoms with Crippen molar-refractivity contribution in [2.24, 2.45) is 7.05 Å². The summed E-state index contributed by atoms with van der Waals surface area (Å²) < 4.78 is 7.63. The quantitative estimate of drug-likeness (QED) is 0.351. The van der Waals surface area contributed by atoms with Crippen molar-refractivity contribution in [2.75, 3.05) is 13.2 Å². The highest BCUT2D eigenvalue weighted by Gasteiger charge is 2.28. The van der Waals surface area contributed by atoms with Crippen LogP contribution in [0.3, 0.4) is 0 Å². The van der Waals surface area contributed by atoms with Crippen LogP contribution in [0.4, 0.5) is 0 Å². The Morgan fingerprint density at radius 3 is 2.54 bits per heavy atom. The minimum atomic E-state index is -0.255. The van der Waals surface area contributed by atoms with Crippen LogP contribution >= 0.6 is 11.6 Å². The van der Waals surface area contributed by atoms with E-state index in [0.29, 0.717) is 35.6 Å². The summed E-state index contributed by atoms with van der Waals surface area (Å²) in [5.74, 6) is 1.32. The molecule has 3 aromatic rings. The summed E-state index contributed by atoms with van der Waals surface area (Å²) in [6.07, 6.45) is 4.45. The largest absolute Gasteiger partial charge is 0.489 e. The minimum Gasteiger partial charge on any atom is -0.489 e. The predicted molar refractivity (Wildman–Crippen MR) is 152 cm³/mol. The molecular formula is C30H37ClN4O4. The van der Waals surface area contributed by atoms with Gasteiger partial charge in [-0.15, -0.1) is 0 Å². The summed E-state index contributed by atoms with van der Waals surface area (Å²) >= 11 is 6.31. The molecule has 2 heterocycles. The minimum absolute atomic E-state index is 0.0219. The van der Waals surface area contributed by atoms with Crippen LogP contribution in [0.1, 0.15) is 67.8 Å². The molecule has 0 spiro atoms. The van der Waals surface area contributed by atoms with Gasteiger partial charge in [0, 0.05) is 50.0 Å². The van der Waals surface area contributed by atoms with E-state index in [0.717, 1.165) is 35.6 Å². The number of aliphatic hydroxyl groups excluding tert-OH is 1. The van der Waals surface area contributed by atoms with Gasteiger partial charge in [-0.05, 0) is 63.8 Å². The summed E-state index contributed by atoms with van der Waals surface area (Å²) in [5, 5.41) is 13.0. The van der Waals surface area contributed by atoms with Crippen molar-refractivity contribution in [2.45, 2.75) is 64.6 Å². The van der Waals surface area contributed by atoms with Gasteiger partial charge in [0.25, 0.3) is 5.91 Å². The Morgan fingerprint density at radius 2 is 1.92 bits per heavy atom. The fourth-order valence-corrected chi connectivity index (χ4v) is 5.19. The second-order valence-corrected chi connectivity index (χ2v) is 10.8. The molecule has 0 saturated carbocycles. The van der Waals surface area contributed by atoms with Gasteiger partial charge in [0.2, 0.25) is 5.91 Å². The van der Waals surface area contributed by atoms with Crippen molar-refractivity contribution < 1.29 is 19.4 Å². The van der Waals surface area contributed by atoms with E-state index in [2.05, 4.69) is 5.32 Å². The van der Waals surface area contributed by atoms with Gasteiger partial charge in [0.05, 0.1) is 22.9 Å². The summed E-state index contributed by atoms with van der Waals surface area (Å²) in [5.41, 5.74) is 3.29. The standard InChI is InChI=1S/C30H37ClN4O4/c1-19(2)39-27-12-11-23(17-25(27)31)30(38)32-24(13-15-36)16-21-7-9-22(10-8-21)26-18-34(4)29(33-26)20(3)35-14-5-6-28(35)37/h7-12,17-20,24,36H,5-6,13-16H2,1-4H3,(H,32,38)/t20-,24?/m1/s1. The van der Waals surface area contributed by atoms with Gasteiger partial charge >= 0.3 is 0 Å². The smallest absolute Gasteiger partial charge is 0.251 e. The molecule has 4 rings (SSSR count). The number of likely N-dealkylation sites (tertiary alicyclic amines) is 1. The molecule has 208 valence electrons. The van der Waals surface area contributed by atoms with E-state index < -0.39 is 0 Å². The van der Waals surface area contributed by atoms with E-state index in [1.54, 1.807) is 18.2 Å². The summed E-state index contributed by atoms with van der Waals surface area (Å²) in [7, 11) is 1.96. The molecule has 9 heteroatoms. The number of nitrogens with one attached hydrogen (secondary N) is 1. The normalized spacial score (nSPS) is 15.1. The molecule has 2 atom stereocenters. The lowest BCUT2D eigenvalue weighted by molar-refractivity contribution is -0.129. The highest BCUT2D eigenvalue weighted by Crippen LogP contribution is 2.28. The molecule has 1 unspecified atom stereocenters. The summed E-state index contributed by atoms with van der Waals surface area (Å²) in [6.45, 7) is 6.58. The number of aryl methyl sites for hydroxylation is 1. The number of halogens is 1. The van der Waals surface area contributed by atoms with Crippen molar-refractivity contribution in [1.82, 2.24) is 19.8 Å². The Hall–Kier alpha value is -3.36. The number of nitrogens with zero attached hydrogens (tertiary/aromatic N) is 3. The molecule has 1 saturated heterocycles. The van der Waals surface area contributed by atoms with Crippen LogP contribution in [0, 0.1) is 0 Å². The van der Waals surface area contributed by atoms with E-state index >= 15 is 0 Å². The van der Waals surface area contributed by atoms with Crippen molar-refractivity contribution >= 4 is 23.4 Å². The number of carbonyl (C=O) groups excluding carboxylic acids is 2. The van der Waals surface area contributed by atoms with Gasteiger partial charge in [-0.1, -0.05) is 35.9 Å². The van der Waals surface area contributed by atoms with Gasteiger partial charge in [0.15, 0.2) is 0 Å². The lowest BCUT2D eigenvalue weighted by atomic mass is 10.0. The van der Waals surface area contributed by atoms with Crippen molar-refractivity contribution in [1.29, 1.82) is 0 Å². The van der Waals surface area contributed by atoms with Crippen LogP contribution in [0.5, 0.6) is 5.75 Å². The third kappa shape index (κ3) is 6.99. The highest BCUT2D eigenvalue weighted by molar-refractivity contribution is 6.32. The Kier molecular flexibility index (Phi) is 9.30. The molecule has 2 N–H and O–H groups in total. The van der Waals surface area contributed by atoms with Gasteiger partial charge in [-0.25, -0.2) is 4.98 Å². The van der Waals surface area contributed by atoms with E-state index in [-0.39, 0.29) is 36.6 Å². The zero-order valence-electron chi connectivity index (χ0n) is 23.0. The number of benzene rings is 2. The van der Waals surface area contributed by atoms with E-state index in [9.17, 15) is 14.7 Å². The number of rotatable bonds is 11. The Balaban J connectivity index is 1.42. The van der Waals surface area contributed by atoms with Crippen LogP contribution in [0.25, 0.3) is 11.3 Å². The lowest BCUT2D eigenvalue weighted by Crippen LogP contribution is -2.37. The van der Waals surface area contributed by atoms with Crippen molar-refractivity contribution in [3.63, 3.8) is 0 Å². The molecule has 0 radical (unpaired) electrons. The Labute approximate surface area is 234 Å². The highest BCUT2D eigenvalue weighted by atomic mass is 35.5. The van der Waals surface area contributed by atoms with Crippen LogP contribution in [-0.4, -0.2) is 56.7 Å². The first-order chi connectivity index (χ1) is 18.7. The molecule has 8 nitrogen and oxygen atoms in total. The van der Waals surface area contributed by atoms with E-state index in [4.69, 9.17) is 21.3 Å². The molecule has 0 bridgehead atoms. The monoisotopic (exact) mass is 552 g/mol. The number of aromatic nitrogens is 2. The van der Waals surface area contributed by atoms with Gasteiger partial charge in [0.1, 0.15) is 11.6 Å². The van der Waals surface area contributed by atoms with E-state index in [1.807, 2.05) is 67.7 Å². The Morgan fingerprint density at radius 1 is 1.18 bits per heavy atom. The number of amides is 2. The zero-order chi connectivity index (χ0) is 28.1. The summed E-state index contributed by atoms with van der Waals surface area (Å²) in [6, 6.07) is 12.7. The topological polar surface area (TPSA) is 96.7 Å². The maximum Gasteiger partial charge on any atom is 0.251 e. The second kappa shape index (κ2) is 12.7. The maximum absolute atomic E-state index is 12.9. The predicted octanol–water partition coefficient (Wildman–Crippen LogP) is 4.93. The molecular weight excluding hydrogens is 516 g/mol. The molecule has 0 aliphatic carbocycles. The summed E-state index contributed by atoms with van der Waals surface area (Å²) in [4.78, 5) is 31.9. The molecule has 2 aromatic carbocycles. The third-order valence-electron chi connectivity index (χ3n) is 6.96. The average molecular weight is 553 g/mol. The molecule has 1 fully saturated rings. The van der Waals surface area contributed by atoms with Crippen molar-refractivity contribution in [3.8, 4) is 17.0 Å². The Bertz CT molecular complexity index is 1300. The zero-order valence-corrected chi connectivity index (χ0v) is 23.7. The number of carbonyl (C=O) groups is 2. The SMILES string of the molecule is CC(C)Oc1ccc(C(=O)NC(CCO)Cc2ccc(-c3cn(C)c([C@@H](C)N4CCCC4=O)n3)cc2)cc1Cl. The van der Waals surface area contributed by atoms with Gasteiger partial charge in [-0.3, -0.25) is 9.59 Å². The molecule has 1 aliphatic rings. The molecule has 1 aliphatic heterocycles. The number of hydrogen-bond acceptors (Lipinski definition) is 5. The molecule has 2 amide bonds. The van der Waals surface area contributed by atoms with Crippen LogP contribution in [0.15, 0.2) is 48.7 Å². The fourth-order valence-electron chi connectivity index (χ4n) is 4.96. The third-order valence-corrected chi connectivity index (χ3v) is 7.26. The number of imidazole rings is 1. The van der Waals surface area contributed by atoms with E-state index in [1.165, 1.54) is 0 Å². The average Bonchev–Trinajstić information content (AvgIpc) is 3.50. The van der Waals surface area contributed by atoms with Gasteiger partial charge < -0.3 is 24.6 Å². The van der Waals surface area contributed by atoms with Crippen molar-refractivity contribution in [3.05, 3.63) is 70.6 Å². The second-order valence-electron chi connectivity index (χ2n) is 10.4. The number of ether oxygens (including phenoxy) is 1. The first kappa shape index (κ1) is 28.6.